The topological polar surface area (TPSA) is 70.6 Å². The molecular formula is C17H33N3O2S. The van der Waals surface area contributed by atoms with Crippen molar-refractivity contribution in [2.45, 2.75) is 52.4 Å². The Morgan fingerprint density at radius 1 is 1.17 bits per heavy atom. The predicted octanol–water partition coefficient (Wildman–Crippen LogP) is 2.19. The summed E-state index contributed by atoms with van der Waals surface area (Å²) in [6.07, 6.45) is 7.43. The van der Waals surface area contributed by atoms with Gasteiger partial charge in [-0.1, -0.05) is 26.2 Å². The zero-order valence-corrected chi connectivity index (χ0v) is 15.5. The van der Waals surface area contributed by atoms with E-state index in [9.17, 15) is 8.42 Å². The van der Waals surface area contributed by atoms with Gasteiger partial charge in [0.2, 0.25) is 0 Å². The molecule has 0 aromatic heterocycles. The first-order chi connectivity index (χ1) is 11.0. The fourth-order valence-electron chi connectivity index (χ4n) is 3.79. The fourth-order valence-corrected chi connectivity index (χ4v) is 5.64. The van der Waals surface area contributed by atoms with Gasteiger partial charge in [0.1, 0.15) is 0 Å². The van der Waals surface area contributed by atoms with Gasteiger partial charge in [-0.25, -0.2) is 8.42 Å². The molecule has 1 aliphatic heterocycles. The molecule has 0 radical (unpaired) electrons. The molecule has 2 aliphatic rings. The van der Waals surface area contributed by atoms with E-state index in [0.717, 1.165) is 37.3 Å². The molecule has 1 saturated heterocycles. The molecule has 1 aliphatic carbocycles. The zero-order chi connectivity index (χ0) is 16.7. The highest BCUT2D eigenvalue weighted by Gasteiger charge is 2.27. The lowest BCUT2D eigenvalue weighted by molar-refractivity contribution is 0.270. The Hall–Kier alpha value is -0.780. The molecule has 134 valence electrons. The van der Waals surface area contributed by atoms with Crippen molar-refractivity contribution in [3.05, 3.63) is 0 Å². The van der Waals surface area contributed by atoms with E-state index in [1.807, 2.05) is 0 Å². The van der Waals surface area contributed by atoms with Crippen molar-refractivity contribution in [3.63, 3.8) is 0 Å². The molecule has 2 N–H and O–H groups in total. The Labute approximate surface area is 141 Å². The molecule has 3 unspecified atom stereocenters. The summed E-state index contributed by atoms with van der Waals surface area (Å²) in [5.74, 6) is 3.37. The van der Waals surface area contributed by atoms with Gasteiger partial charge in [0.15, 0.2) is 15.8 Å². The number of nitrogens with zero attached hydrogens (tertiary/aromatic N) is 1. The van der Waals surface area contributed by atoms with Crippen LogP contribution in [0.1, 0.15) is 52.4 Å². The van der Waals surface area contributed by atoms with E-state index >= 15 is 0 Å². The van der Waals surface area contributed by atoms with Crippen LogP contribution in [0.3, 0.4) is 0 Å². The van der Waals surface area contributed by atoms with Gasteiger partial charge in [-0.3, -0.25) is 4.99 Å². The molecule has 0 bridgehead atoms. The Morgan fingerprint density at radius 2 is 2.00 bits per heavy atom. The van der Waals surface area contributed by atoms with Crippen molar-refractivity contribution < 1.29 is 8.42 Å². The van der Waals surface area contributed by atoms with Crippen molar-refractivity contribution in [1.82, 2.24) is 10.6 Å². The predicted molar refractivity (Wildman–Crippen MR) is 96.5 cm³/mol. The van der Waals surface area contributed by atoms with E-state index in [-0.39, 0.29) is 5.92 Å². The SMILES string of the molecule is CCNC(=NCC1CCS(=O)(=O)C1)NCCC1CCCC(C)C1. The van der Waals surface area contributed by atoms with Crippen LogP contribution in [0.25, 0.3) is 0 Å². The second kappa shape index (κ2) is 8.90. The third kappa shape index (κ3) is 6.69. The summed E-state index contributed by atoms with van der Waals surface area (Å²) in [7, 11) is -2.80. The van der Waals surface area contributed by atoms with E-state index in [4.69, 9.17) is 0 Å². The van der Waals surface area contributed by atoms with E-state index in [1.165, 1.54) is 32.1 Å². The van der Waals surface area contributed by atoms with Crippen LogP contribution in [0, 0.1) is 17.8 Å². The van der Waals surface area contributed by atoms with Gasteiger partial charge in [0.25, 0.3) is 0 Å². The van der Waals surface area contributed by atoms with Crippen molar-refractivity contribution in [2.24, 2.45) is 22.7 Å². The number of nitrogens with one attached hydrogen (secondary N) is 2. The lowest BCUT2D eigenvalue weighted by atomic mass is 9.81. The first kappa shape index (κ1) is 18.6. The molecule has 6 heteroatoms. The number of aliphatic imine (C=N–C) groups is 1. The first-order valence-electron chi connectivity index (χ1n) is 9.21. The quantitative estimate of drug-likeness (QED) is 0.573. The second-order valence-corrected chi connectivity index (χ2v) is 9.57. The third-order valence-corrected chi connectivity index (χ3v) is 6.91. The molecular weight excluding hydrogens is 310 g/mol. The lowest BCUT2D eigenvalue weighted by Gasteiger charge is -2.26. The average molecular weight is 344 g/mol. The number of rotatable bonds is 6. The van der Waals surface area contributed by atoms with Crippen LogP contribution in [0.15, 0.2) is 4.99 Å². The summed E-state index contributed by atoms with van der Waals surface area (Å²) in [5, 5.41) is 6.68. The van der Waals surface area contributed by atoms with Gasteiger partial charge >= 0.3 is 0 Å². The molecule has 2 rings (SSSR count). The number of hydrogen-bond donors (Lipinski definition) is 2. The molecule has 0 aromatic carbocycles. The van der Waals surface area contributed by atoms with E-state index < -0.39 is 9.84 Å². The Kier molecular flexibility index (Phi) is 7.18. The largest absolute Gasteiger partial charge is 0.357 e. The lowest BCUT2D eigenvalue weighted by Crippen LogP contribution is -2.38. The number of hydrogen-bond acceptors (Lipinski definition) is 3. The maximum Gasteiger partial charge on any atom is 0.191 e. The minimum absolute atomic E-state index is 0.189. The van der Waals surface area contributed by atoms with Crippen molar-refractivity contribution in [2.75, 3.05) is 31.1 Å². The van der Waals surface area contributed by atoms with Gasteiger partial charge < -0.3 is 10.6 Å². The summed E-state index contributed by atoms with van der Waals surface area (Å²) in [5.41, 5.74) is 0. The van der Waals surface area contributed by atoms with Crippen molar-refractivity contribution in [1.29, 1.82) is 0 Å². The van der Waals surface area contributed by atoms with E-state index in [1.54, 1.807) is 0 Å². The minimum atomic E-state index is -2.80. The Morgan fingerprint density at radius 3 is 2.65 bits per heavy atom. The maximum absolute atomic E-state index is 11.5. The molecule has 3 atom stereocenters. The van der Waals surface area contributed by atoms with E-state index in [2.05, 4.69) is 29.5 Å². The summed E-state index contributed by atoms with van der Waals surface area (Å²) in [6, 6.07) is 0. The second-order valence-electron chi connectivity index (χ2n) is 7.34. The summed E-state index contributed by atoms with van der Waals surface area (Å²) >= 11 is 0. The molecule has 0 amide bonds. The van der Waals surface area contributed by atoms with Crippen molar-refractivity contribution >= 4 is 15.8 Å². The van der Waals surface area contributed by atoms with Crippen LogP contribution in [0.4, 0.5) is 0 Å². The first-order valence-corrected chi connectivity index (χ1v) is 11.0. The van der Waals surface area contributed by atoms with Crippen LogP contribution >= 0.6 is 0 Å². The fraction of sp³-hybridized carbons (Fsp3) is 0.941. The Bertz CT molecular complexity index is 490. The van der Waals surface area contributed by atoms with Crippen LogP contribution in [0.5, 0.6) is 0 Å². The van der Waals surface area contributed by atoms with Crippen LogP contribution < -0.4 is 10.6 Å². The van der Waals surface area contributed by atoms with Gasteiger partial charge in [-0.2, -0.15) is 0 Å². The highest BCUT2D eigenvalue weighted by molar-refractivity contribution is 7.91. The third-order valence-electron chi connectivity index (χ3n) is 5.07. The molecule has 2 fully saturated rings. The van der Waals surface area contributed by atoms with Crippen LogP contribution in [-0.2, 0) is 9.84 Å². The highest BCUT2D eigenvalue weighted by atomic mass is 32.2. The maximum atomic E-state index is 11.5. The van der Waals surface area contributed by atoms with Crippen molar-refractivity contribution in [3.8, 4) is 0 Å². The molecule has 1 heterocycles. The number of sulfone groups is 1. The smallest absolute Gasteiger partial charge is 0.191 e. The standard InChI is InChI=1S/C17H33N3O2S/c1-3-18-17(20-12-16-8-10-23(21,22)13-16)19-9-7-15-6-4-5-14(2)11-15/h14-16H,3-13H2,1-2H3,(H2,18,19,20). The minimum Gasteiger partial charge on any atom is -0.357 e. The molecule has 0 aromatic rings. The van der Waals surface area contributed by atoms with Gasteiger partial charge in [0, 0.05) is 19.6 Å². The van der Waals surface area contributed by atoms with Crippen LogP contribution in [-0.4, -0.2) is 45.5 Å². The van der Waals surface area contributed by atoms with E-state index in [0.29, 0.717) is 18.1 Å². The average Bonchev–Trinajstić information content (AvgIpc) is 2.84. The zero-order valence-electron chi connectivity index (χ0n) is 14.7. The summed E-state index contributed by atoms with van der Waals surface area (Å²) < 4.78 is 23.0. The molecule has 1 saturated carbocycles. The highest BCUT2D eigenvalue weighted by Crippen LogP contribution is 2.30. The van der Waals surface area contributed by atoms with Gasteiger partial charge in [-0.15, -0.1) is 0 Å². The summed E-state index contributed by atoms with van der Waals surface area (Å²) in [6.45, 7) is 6.80. The molecule has 5 nitrogen and oxygen atoms in total. The molecule has 23 heavy (non-hydrogen) atoms. The molecule has 0 spiro atoms. The normalized spacial score (nSPS) is 31.0. The van der Waals surface area contributed by atoms with Crippen LogP contribution in [0.2, 0.25) is 0 Å². The Balaban J connectivity index is 1.73. The summed E-state index contributed by atoms with van der Waals surface area (Å²) in [4.78, 5) is 4.59. The number of guanidine groups is 1. The van der Waals surface area contributed by atoms with Gasteiger partial charge in [-0.05, 0) is 43.9 Å². The monoisotopic (exact) mass is 343 g/mol. The van der Waals surface area contributed by atoms with Gasteiger partial charge in [0.05, 0.1) is 11.5 Å².